The second-order valence-corrected chi connectivity index (χ2v) is 17.8. The van der Waals surface area contributed by atoms with Crippen molar-refractivity contribution in [3.05, 3.63) is 11.6 Å². The molecule has 6 rings (SSSR count). The third kappa shape index (κ3) is 4.95. The molecule has 0 radical (unpaired) electrons. The summed E-state index contributed by atoms with van der Waals surface area (Å²) >= 11 is 0. The molecule has 0 unspecified atom stereocenters. The van der Waals surface area contributed by atoms with Gasteiger partial charge in [0.1, 0.15) is 36.6 Å². The lowest BCUT2D eigenvalue weighted by molar-refractivity contribution is -0.301. The molecule has 4 saturated carbocycles. The van der Waals surface area contributed by atoms with E-state index in [9.17, 15) is 45.0 Å². The van der Waals surface area contributed by atoms with Gasteiger partial charge in [-0.2, -0.15) is 0 Å². The monoisotopic (exact) mass is 692 g/mol. The predicted octanol–water partition coefficient (Wildman–Crippen LogP) is 1.59. The van der Waals surface area contributed by atoms with Crippen molar-refractivity contribution in [3.8, 4) is 0 Å². The highest BCUT2D eigenvalue weighted by molar-refractivity contribution is 5.93. The van der Waals surface area contributed by atoms with Crippen molar-refractivity contribution >= 4 is 17.5 Å². The molecule has 0 aromatic carbocycles. The van der Waals surface area contributed by atoms with Crippen molar-refractivity contribution in [2.24, 2.45) is 44.8 Å². The van der Waals surface area contributed by atoms with Crippen LogP contribution in [0, 0.1) is 44.8 Å². The Morgan fingerprint density at radius 2 is 1.73 bits per heavy atom. The number of allylic oxidation sites excluding steroid dienone is 1. The Balaban J connectivity index is 1.35. The molecule has 276 valence electrons. The second-order valence-electron chi connectivity index (χ2n) is 17.8. The molecular formula is C37H56O12. The van der Waals surface area contributed by atoms with Gasteiger partial charge < -0.3 is 44.8 Å². The molecule has 0 aromatic rings. The van der Waals surface area contributed by atoms with E-state index in [1.807, 2.05) is 13.8 Å². The van der Waals surface area contributed by atoms with E-state index in [1.165, 1.54) is 20.8 Å². The topological polar surface area (TPSA) is 200 Å². The number of aliphatic hydroxyl groups is 6. The largest absolute Gasteiger partial charge is 0.462 e. The van der Waals surface area contributed by atoms with Gasteiger partial charge in [-0.05, 0) is 68.6 Å². The number of hydrogen-bond donors (Lipinski definition) is 6. The Morgan fingerprint density at radius 1 is 1.08 bits per heavy atom. The molecule has 1 heterocycles. The minimum Gasteiger partial charge on any atom is -0.462 e. The number of fused-ring (bicyclic) bond motifs is 2. The first-order valence-corrected chi connectivity index (χ1v) is 17.9. The summed E-state index contributed by atoms with van der Waals surface area (Å²) < 4.78 is 18.1. The lowest BCUT2D eigenvalue weighted by Gasteiger charge is -2.61. The SMILES string of the molecule is CC(=O)O[C@@H]1C[C@]23C[C@]24CC[C@H](O[C@H]2OC[C@H](O)[C@H](O)[C@@H]2O)C(C)(C)[C@H]4CC=C3[C@@]2(C)[C@@H](O)C(=O)[C@@H]([C@@H](C)CC(=O)[C@H](O)C(C)(C)O)[C@@]12C. The molecule has 6 aliphatic rings. The molecule has 12 heteroatoms. The Morgan fingerprint density at radius 3 is 2.35 bits per heavy atom. The van der Waals surface area contributed by atoms with Crippen molar-refractivity contribution in [1.82, 2.24) is 0 Å². The Bertz CT molecular complexity index is 1420. The van der Waals surface area contributed by atoms with Crippen LogP contribution in [-0.2, 0) is 28.6 Å². The van der Waals surface area contributed by atoms with E-state index in [-0.39, 0.29) is 30.5 Å². The van der Waals surface area contributed by atoms with E-state index in [2.05, 4.69) is 19.9 Å². The quantitative estimate of drug-likeness (QED) is 0.159. The fourth-order valence-corrected chi connectivity index (χ4v) is 11.9. The molecule has 0 aromatic heterocycles. The van der Waals surface area contributed by atoms with Gasteiger partial charge in [0.2, 0.25) is 0 Å². The normalized spacial score (nSPS) is 48.2. The number of esters is 1. The zero-order chi connectivity index (χ0) is 36.4. The molecule has 1 saturated heterocycles. The summed E-state index contributed by atoms with van der Waals surface area (Å²) in [5.74, 6) is -2.89. The lowest BCUT2D eigenvalue weighted by atomic mass is 9.44. The minimum absolute atomic E-state index is 0.106. The zero-order valence-corrected chi connectivity index (χ0v) is 30.0. The van der Waals surface area contributed by atoms with Crippen LogP contribution in [0.4, 0.5) is 0 Å². The molecule has 6 N–H and O–H groups in total. The molecule has 49 heavy (non-hydrogen) atoms. The highest BCUT2D eigenvalue weighted by Crippen LogP contribution is 2.88. The molecule has 0 amide bonds. The van der Waals surface area contributed by atoms with Crippen LogP contribution >= 0.6 is 0 Å². The number of rotatable bonds is 8. The fourth-order valence-electron chi connectivity index (χ4n) is 11.9. The van der Waals surface area contributed by atoms with Crippen LogP contribution in [0.5, 0.6) is 0 Å². The minimum atomic E-state index is -1.67. The first kappa shape index (κ1) is 37.0. The number of Topliss-reactive ketones (excluding diaryl/α,β-unsaturated/α-hetero) is 2. The third-order valence-corrected chi connectivity index (χ3v) is 14.5. The predicted molar refractivity (Wildman–Crippen MR) is 173 cm³/mol. The van der Waals surface area contributed by atoms with Crippen LogP contribution in [0.3, 0.4) is 0 Å². The van der Waals surface area contributed by atoms with Crippen LogP contribution in [0.25, 0.3) is 0 Å². The van der Waals surface area contributed by atoms with E-state index in [0.717, 1.165) is 18.4 Å². The van der Waals surface area contributed by atoms with Gasteiger partial charge in [-0.25, -0.2) is 0 Å². The average molecular weight is 693 g/mol. The number of ether oxygens (including phenoxy) is 3. The molecule has 12 nitrogen and oxygen atoms in total. The number of hydrogen-bond acceptors (Lipinski definition) is 12. The highest BCUT2D eigenvalue weighted by atomic mass is 16.7. The molecule has 1 aliphatic heterocycles. The Labute approximate surface area is 288 Å². The highest BCUT2D eigenvalue weighted by Gasteiger charge is 2.85. The molecule has 2 spiro atoms. The van der Waals surface area contributed by atoms with Crippen molar-refractivity contribution in [2.75, 3.05) is 6.61 Å². The maximum atomic E-state index is 14.3. The van der Waals surface area contributed by atoms with Gasteiger partial charge in [0.25, 0.3) is 0 Å². The van der Waals surface area contributed by atoms with Crippen molar-refractivity contribution in [2.45, 2.75) is 149 Å². The van der Waals surface area contributed by atoms with Crippen LogP contribution < -0.4 is 0 Å². The van der Waals surface area contributed by atoms with Crippen LogP contribution in [0.1, 0.15) is 93.9 Å². The summed E-state index contributed by atoms with van der Waals surface area (Å²) in [4.78, 5) is 40.1. The summed E-state index contributed by atoms with van der Waals surface area (Å²) in [5, 5.41) is 63.6. The summed E-state index contributed by atoms with van der Waals surface area (Å²) in [6, 6.07) is 0. The molecule has 5 aliphatic carbocycles. The van der Waals surface area contributed by atoms with Gasteiger partial charge in [-0.1, -0.05) is 46.3 Å². The second kappa shape index (κ2) is 11.6. The van der Waals surface area contributed by atoms with Crippen molar-refractivity contribution < 1.29 is 59.2 Å². The maximum Gasteiger partial charge on any atom is 0.302 e. The van der Waals surface area contributed by atoms with Gasteiger partial charge >= 0.3 is 5.97 Å². The zero-order valence-electron chi connectivity index (χ0n) is 30.0. The number of aliphatic hydroxyl groups excluding tert-OH is 5. The number of carbonyl (C=O) groups excluding carboxylic acids is 3. The van der Waals surface area contributed by atoms with E-state index < -0.39 is 99.5 Å². The molecular weight excluding hydrogens is 636 g/mol. The lowest BCUT2D eigenvalue weighted by Crippen LogP contribution is -2.61. The van der Waals surface area contributed by atoms with Gasteiger partial charge in [-0.15, -0.1) is 0 Å². The van der Waals surface area contributed by atoms with Gasteiger partial charge in [-0.3, -0.25) is 14.4 Å². The van der Waals surface area contributed by atoms with Crippen LogP contribution in [0.15, 0.2) is 11.6 Å². The molecule has 5 fully saturated rings. The van der Waals surface area contributed by atoms with Crippen LogP contribution in [-0.4, -0.2) is 109 Å². The van der Waals surface area contributed by atoms with Gasteiger partial charge in [0.05, 0.1) is 18.3 Å². The van der Waals surface area contributed by atoms with E-state index in [1.54, 1.807) is 6.92 Å². The van der Waals surface area contributed by atoms with E-state index in [0.29, 0.717) is 19.3 Å². The molecule has 0 bridgehead atoms. The van der Waals surface area contributed by atoms with E-state index >= 15 is 0 Å². The van der Waals surface area contributed by atoms with E-state index in [4.69, 9.17) is 14.2 Å². The van der Waals surface area contributed by atoms with Gasteiger partial charge in [0.15, 0.2) is 17.9 Å². The summed E-state index contributed by atoms with van der Waals surface area (Å²) in [6.07, 6.45) is -3.92. The number of ketones is 2. The Kier molecular flexibility index (Phi) is 8.77. The van der Waals surface area contributed by atoms with Crippen molar-refractivity contribution in [1.29, 1.82) is 0 Å². The Hall–Kier alpha value is -1.77. The first-order valence-electron chi connectivity index (χ1n) is 17.9. The molecule has 15 atom stereocenters. The summed E-state index contributed by atoms with van der Waals surface area (Å²) in [6.45, 7) is 13.7. The van der Waals surface area contributed by atoms with Crippen molar-refractivity contribution in [3.63, 3.8) is 0 Å². The first-order chi connectivity index (χ1) is 22.5. The fraction of sp³-hybridized carbons (Fsp3) is 0.865. The third-order valence-electron chi connectivity index (χ3n) is 14.5. The smallest absolute Gasteiger partial charge is 0.302 e. The standard InChI is InChI=1S/C37H56O12/c1-17(13-19(39)29(44)33(5,6)46)25-27(42)30(45)34(7)22-10-9-21-32(3,4)23(49-31-28(43)26(41)20(40)15-47-31)11-12-36(21)16-37(22,36)14-24(35(25,34)8)48-18(2)38/h10,17,20-21,23-26,28-31,40-41,43-46H,9,11-16H2,1-8H3/t17-,20-,21+,23-,24+,25+,26-,28-,29-,30-,31+,34-,35+,36-,37+/m0/s1. The summed E-state index contributed by atoms with van der Waals surface area (Å²) in [7, 11) is 0. The average Bonchev–Trinajstić information content (AvgIpc) is 3.62. The maximum absolute atomic E-state index is 14.3. The van der Waals surface area contributed by atoms with Gasteiger partial charge in [0, 0.05) is 35.5 Å². The van der Waals surface area contributed by atoms with Crippen LogP contribution in [0.2, 0.25) is 0 Å². The summed E-state index contributed by atoms with van der Waals surface area (Å²) in [5.41, 5.74) is -3.92. The number of carbonyl (C=O) groups is 3.